The lowest BCUT2D eigenvalue weighted by molar-refractivity contribution is 0.406. The lowest BCUT2D eigenvalue weighted by atomic mass is 10.0. The van der Waals surface area contributed by atoms with Gasteiger partial charge < -0.3 is 15.0 Å². The van der Waals surface area contributed by atoms with E-state index in [-0.39, 0.29) is 0 Å². The Morgan fingerprint density at radius 3 is 2.62 bits per heavy atom. The number of nitrogen functional groups attached to an aromatic ring is 1. The van der Waals surface area contributed by atoms with Gasteiger partial charge in [-0.2, -0.15) is 0 Å². The Balaban J connectivity index is 2.66. The van der Waals surface area contributed by atoms with Gasteiger partial charge in [-0.25, -0.2) is 0 Å². The van der Waals surface area contributed by atoms with E-state index in [1.165, 1.54) is 5.56 Å². The summed E-state index contributed by atoms with van der Waals surface area (Å²) in [6, 6.07) is 5.62. The highest BCUT2D eigenvalue weighted by Crippen LogP contribution is 2.35. The van der Waals surface area contributed by atoms with E-state index in [2.05, 4.69) is 5.16 Å². The molecule has 0 aliphatic rings. The minimum atomic E-state index is 0.373. The average Bonchev–Trinajstić information content (AvgIpc) is 2.68. The predicted molar refractivity (Wildman–Crippen MR) is 62.4 cm³/mol. The highest BCUT2D eigenvalue weighted by molar-refractivity contribution is 5.72. The molecule has 4 nitrogen and oxygen atoms in total. The van der Waals surface area contributed by atoms with Crippen LogP contribution in [0.5, 0.6) is 5.75 Å². The summed E-state index contributed by atoms with van der Waals surface area (Å²) in [6.07, 6.45) is 0. The molecule has 0 saturated heterocycles. The Kier molecular flexibility index (Phi) is 2.56. The van der Waals surface area contributed by atoms with Crippen LogP contribution >= 0.6 is 0 Å². The Hall–Kier alpha value is -1.97. The Labute approximate surface area is 94.0 Å². The number of nitrogens with two attached hydrogens (primary N) is 1. The summed E-state index contributed by atoms with van der Waals surface area (Å²) in [7, 11) is 1.63. The number of aromatic nitrogens is 1. The molecule has 0 aliphatic carbocycles. The fraction of sp³-hybridized carbons (Fsp3) is 0.250. The number of benzene rings is 1. The second-order valence-electron chi connectivity index (χ2n) is 3.70. The third-order valence-electron chi connectivity index (χ3n) is 2.69. The fourth-order valence-corrected chi connectivity index (χ4v) is 1.67. The third-order valence-corrected chi connectivity index (χ3v) is 2.69. The number of ether oxygens (including phenoxy) is 1. The molecule has 1 heterocycles. The summed E-state index contributed by atoms with van der Waals surface area (Å²) >= 11 is 0. The van der Waals surface area contributed by atoms with Crippen molar-refractivity contribution < 1.29 is 9.26 Å². The van der Waals surface area contributed by atoms with Crippen LogP contribution in [0.1, 0.15) is 11.1 Å². The molecule has 2 aromatic rings. The van der Waals surface area contributed by atoms with E-state index >= 15 is 0 Å². The zero-order valence-electron chi connectivity index (χ0n) is 9.57. The second-order valence-corrected chi connectivity index (χ2v) is 3.70. The van der Waals surface area contributed by atoms with E-state index in [9.17, 15) is 0 Å². The molecule has 84 valence electrons. The molecule has 0 bridgehead atoms. The smallest absolute Gasteiger partial charge is 0.173 e. The monoisotopic (exact) mass is 218 g/mol. The SMILES string of the molecule is COc1ccc(C)c(C)c1-c1cc(N)no1. The molecule has 0 aliphatic heterocycles. The van der Waals surface area contributed by atoms with Crippen molar-refractivity contribution in [1.29, 1.82) is 0 Å². The van der Waals surface area contributed by atoms with Crippen LogP contribution in [0.2, 0.25) is 0 Å². The van der Waals surface area contributed by atoms with Gasteiger partial charge in [0.05, 0.1) is 12.7 Å². The number of hydrogen-bond acceptors (Lipinski definition) is 4. The first-order valence-electron chi connectivity index (χ1n) is 5.00. The lowest BCUT2D eigenvalue weighted by Gasteiger charge is -2.10. The molecule has 0 unspecified atom stereocenters. The van der Waals surface area contributed by atoms with E-state index in [1.807, 2.05) is 26.0 Å². The summed E-state index contributed by atoms with van der Waals surface area (Å²) in [5, 5.41) is 3.69. The van der Waals surface area contributed by atoms with Gasteiger partial charge in [-0.3, -0.25) is 0 Å². The highest BCUT2D eigenvalue weighted by Gasteiger charge is 2.15. The van der Waals surface area contributed by atoms with Gasteiger partial charge in [-0.15, -0.1) is 0 Å². The van der Waals surface area contributed by atoms with Gasteiger partial charge in [0.1, 0.15) is 5.75 Å². The Morgan fingerprint density at radius 1 is 1.31 bits per heavy atom. The lowest BCUT2D eigenvalue weighted by Crippen LogP contribution is -1.92. The summed E-state index contributed by atoms with van der Waals surface area (Å²) < 4.78 is 10.5. The number of aryl methyl sites for hydroxylation is 1. The molecular weight excluding hydrogens is 204 g/mol. The first kappa shape index (κ1) is 10.5. The van der Waals surface area contributed by atoms with Crippen molar-refractivity contribution in [2.24, 2.45) is 0 Å². The van der Waals surface area contributed by atoms with Crippen LogP contribution in [0.4, 0.5) is 5.82 Å². The van der Waals surface area contributed by atoms with Gasteiger partial charge in [0, 0.05) is 6.07 Å². The van der Waals surface area contributed by atoms with Gasteiger partial charge in [-0.05, 0) is 31.0 Å². The predicted octanol–water partition coefficient (Wildman–Crippen LogP) is 2.55. The minimum Gasteiger partial charge on any atom is -0.496 e. The van der Waals surface area contributed by atoms with Crippen molar-refractivity contribution in [2.45, 2.75) is 13.8 Å². The molecular formula is C12H14N2O2. The van der Waals surface area contributed by atoms with Gasteiger partial charge >= 0.3 is 0 Å². The van der Waals surface area contributed by atoms with Crippen molar-refractivity contribution in [3.05, 3.63) is 29.3 Å². The maximum absolute atomic E-state index is 5.55. The molecule has 0 amide bonds. The number of rotatable bonds is 2. The van der Waals surface area contributed by atoms with Crippen LogP contribution in [0.15, 0.2) is 22.7 Å². The van der Waals surface area contributed by atoms with Crippen molar-refractivity contribution in [2.75, 3.05) is 12.8 Å². The van der Waals surface area contributed by atoms with Crippen molar-refractivity contribution in [3.8, 4) is 17.1 Å². The van der Waals surface area contributed by atoms with E-state index < -0.39 is 0 Å². The van der Waals surface area contributed by atoms with Crippen molar-refractivity contribution in [3.63, 3.8) is 0 Å². The minimum absolute atomic E-state index is 0.373. The van der Waals surface area contributed by atoms with Crippen molar-refractivity contribution >= 4 is 5.82 Å². The molecule has 0 atom stereocenters. The summed E-state index contributed by atoms with van der Waals surface area (Å²) in [6.45, 7) is 4.06. The molecule has 2 N–H and O–H groups in total. The van der Waals surface area contributed by atoms with Crippen LogP contribution in [0.25, 0.3) is 11.3 Å². The maximum Gasteiger partial charge on any atom is 0.173 e. The van der Waals surface area contributed by atoms with Crippen LogP contribution in [0.3, 0.4) is 0 Å². The molecule has 16 heavy (non-hydrogen) atoms. The normalized spacial score (nSPS) is 10.4. The topological polar surface area (TPSA) is 61.3 Å². The van der Waals surface area contributed by atoms with Gasteiger partial charge in [0.15, 0.2) is 11.6 Å². The van der Waals surface area contributed by atoms with Crippen LogP contribution in [-0.4, -0.2) is 12.3 Å². The van der Waals surface area contributed by atoms with E-state index in [0.717, 1.165) is 16.9 Å². The molecule has 0 spiro atoms. The number of nitrogens with zero attached hydrogens (tertiary/aromatic N) is 1. The van der Waals surface area contributed by atoms with Gasteiger partial charge in [-0.1, -0.05) is 11.2 Å². The van der Waals surface area contributed by atoms with Crippen LogP contribution in [-0.2, 0) is 0 Å². The molecule has 4 heteroatoms. The molecule has 0 radical (unpaired) electrons. The molecule has 1 aromatic heterocycles. The number of methoxy groups -OCH3 is 1. The maximum atomic E-state index is 5.55. The standard InChI is InChI=1S/C12H14N2O2/c1-7-4-5-9(15-3)12(8(7)2)10-6-11(13)14-16-10/h4-6H,1-3H3,(H2,13,14). The number of hydrogen-bond donors (Lipinski definition) is 1. The average molecular weight is 218 g/mol. The van der Waals surface area contributed by atoms with E-state index in [0.29, 0.717) is 11.6 Å². The summed E-state index contributed by atoms with van der Waals surface area (Å²) in [5.41, 5.74) is 8.74. The van der Waals surface area contributed by atoms with Gasteiger partial charge in [0.2, 0.25) is 0 Å². The number of anilines is 1. The van der Waals surface area contributed by atoms with Crippen molar-refractivity contribution in [1.82, 2.24) is 5.16 Å². The Morgan fingerprint density at radius 2 is 2.06 bits per heavy atom. The Bertz CT molecular complexity index is 518. The fourth-order valence-electron chi connectivity index (χ4n) is 1.67. The molecule has 1 aromatic carbocycles. The summed E-state index contributed by atoms with van der Waals surface area (Å²) in [5.74, 6) is 1.77. The molecule has 0 fully saturated rings. The molecule has 0 saturated carbocycles. The quantitative estimate of drug-likeness (QED) is 0.841. The first-order chi connectivity index (χ1) is 7.63. The largest absolute Gasteiger partial charge is 0.496 e. The summed E-state index contributed by atoms with van der Waals surface area (Å²) in [4.78, 5) is 0. The van der Waals surface area contributed by atoms with E-state index in [1.54, 1.807) is 13.2 Å². The zero-order chi connectivity index (χ0) is 11.7. The first-order valence-corrected chi connectivity index (χ1v) is 5.00. The highest BCUT2D eigenvalue weighted by atomic mass is 16.5. The zero-order valence-corrected chi connectivity index (χ0v) is 9.57. The van der Waals surface area contributed by atoms with Gasteiger partial charge in [0.25, 0.3) is 0 Å². The van der Waals surface area contributed by atoms with E-state index in [4.69, 9.17) is 15.0 Å². The third kappa shape index (κ3) is 1.62. The van der Waals surface area contributed by atoms with Crippen LogP contribution in [0, 0.1) is 13.8 Å². The molecule has 2 rings (SSSR count). The second kappa shape index (κ2) is 3.89. The van der Waals surface area contributed by atoms with Crippen LogP contribution < -0.4 is 10.5 Å².